The van der Waals surface area contributed by atoms with Crippen molar-refractivity contribution < 1.29 is 23.1 Å². The topological polar surface area (TPSA) is 101 Å². The van der Waals surface area contributed by atoms with Gasteiger partial charge in [-0.1, -0.05) is 0 Å². The molecule has 7 heteroatoms. The number of hydrogen-bond donors (Lipinski definition) is 1. The molecule has 2 aromatic rings. The number of Topliss-reactive ketones (excluding diaryl/α,β-unsaturated/α-hetero) is 2. The molecule has 1 aromatic heterocycles. The van der Waals surface area contributed by atoms with E-state index >= 15 is 0 Å². The van der Waals surface area contributed by atoms with Crippen LogP contribution in [0.15, 0.2) is 35.4 Å². The second kappa shape index (κ2) is 5.25. The predicted octanol–water partition coefficient (Wildman–Crippen LogP) is 1.26. The maximum absolute atomic E-state index is 12.6. The van der Waals surface area contributed by atoms with Gasteiger partial charge in [-0.3, -0.25) is 14.6 Å². The van der Waals surface area contributed by atoms with Gasteiger partial charge in [-0.25, -0.2) is 8.42 Å². The number of phenolic OH excluding ortho intramolecular Hbond substituents is 1. The van der Waals surface area contributed by atoms with Crippen molar-refractivity contribution in [2.45, 2.75) is 24.0 Å². The van der Waals surface area contributed by atoms with Crippen LogP contribution in [-0.4, -0.2) is 35.3 Å². The van der Waals surface area contributed by atoms with E-state index in [0.29, 0.717) is 0 Å². The third-order valence-electron chi connectivity index (χ3n) is 3.06. The molecule has 110 valence electrons. The van der Waals surface area contributed by atoms with Crippen LogP contribution < -0.4 is 0 Å². The van der Waals surface area contributed by atoms with Crippen LogP contribution in [-0.2, 0) is 19.4 Å². The van der Waals surface area contributed by atoms with Crippen molar-refractivity contribution in [3.05, 3.63) is 30.5 Å². The van der Waals surface area contributed by atoms with E-state index in [1.165, 1.54) is 30.5 Å². The van der Waals surface area contributed by atoms with Gasteiger partial charge in [-0.15, -0.1) is 0 Å². The Balaban J connectivity index is 2.80. The summed E-state index contributed by atoms with van der Waals surface area (Å²) in [5.74, 6) is -1.66. The Morgan fingerprint density at radius 1 is 1.14 bits per heavy atom. The van der Waals surface area contributed by atoms with Crippen molar-refractivity contribution in [1.82, 2.24) is 4.98 Å². The first-order valence-electron chi connectivity index (χ1n) is 6.08. The molecular weight excluding hydrogens is 294 g/mol. The van der Waals surface area contributed by atoms with Crippen LogP contribution >= 0.6 is 0 Å². The normalized spacial score (nSPS) is 11.8. The molecule has 0 aliphatic carbocycles. The summed E-state index contributed by atoms with van der Waals surface area (Å²) in [6, 6.07) is 5.33. The fourth-order valence-electron chi connectivity index (χ4n) is 2.23. The first-order valence-corrected chi connectivity index (χ1v) is 7.63. The van der Waals surface area contributed by atoms with Gasteiger partial charge in [0.1, 0.15) is 11.3 Å². The maximum atomic E-state index is 12.6. The van der Waals surface area contributed by atoms with Crippen molar-refractivity contribution >= 4 is 32.3 Å². The molecule has 0 atom stereocenters. The van der Waals surface area contributed by atoms with Crippen LogP contribution in [0.3, 0.4) is 0 Å². The third kappa shape index (κ3) is 2.52. The van der Waals surface area contributed by atoms with Crippen LogP contribution in [0.2, 0.25) is 0 Å². The van der Waals surface area contributed by atoms with E-state index in [1.807, 2.05) is 0 Å². The number of rotatable bonds is 4. The van der Waals surface area contributed by atoms with Crippen molar-refractivity contribution in [2.75, 3.05) is 0 Å². The summed E-state index contributed by atoms with van der Waals surface area (Å²) < 4.78 is 25.2. The van der Waals surface area contributed by atoms with Crippen LogP contribution in [0.5, 0.6) is 5.75 Å². The predicted molar refractivity (Wildman–Crippen MR) is 75.7 cm³/mol. The molecule has 0 aliphatic rings. The highest BCUT2D eigenvalue weighted by molar-refractivity contribution is 7.93. The Labute approximate surface area is 121 Å². The molecule has 0 radical (unpaired) electrons. The average Bonchev–Trinajstić information content (AvgIpc) is 2.37. The number of nitrogens with zero attached hydrogens (tertiary/aromatic N) is 1. The van der Waals surface area contributed by atoms with Gasteiger partial charge in [0.25, 0.3) is 0 Å². The molecule has 0 saturated heterocycles. The minimum Gasteiger partial charge on any atom is -0.506 e. The standard InChI is InChI=1S/C14H13NO5S/c1-8(16)14(9(2)17)21(19,20)12-6-5-11(18)13-10(12)4-3-7-15-13/h3-7,14,18H,1-2H3. The molecule has 1 heterocycles. The highest BCUT2D eigenvalue weighted by Gasteiger charge is 2.36. The SMILES string of the molecule is CC(=O)C(C(C)=O)S(=O)(=O)c1ccc(O)c2ncccc12. The first kappa shape index (κ1) is 15.1. The minimum absolute atomic E-state index is 0.101. The Hall–Kier alpha value is -2.28. The van der Waals surface area contributed by atoms with Gasteiger partial charge < -0.3 is 5.11 Å². The molecule has 6 nitrogen and oxygen atoms in total. The number of carbonyl (C=O) groups excluding carboxylic acids is 2. The maximum Gasteiger partial charge on any atom is 0.196 e. The highest BCUT2D eigenvalue weighted by atomic mass is 32.2. The lowest BCUT2D eigenvalue weighted by atomic mass is 10.2. The summed E-state index contributed by atoms with van der Waals surface area (Å²) in [7, 11) is -4.19. The highest BCUT2D eigenvalue weighted by Crippen LogP contribution is 2.30. The Morgan fingerprint density at radius 3 is 2.33 bits per heavy atom. The molecule has 0 bridgehead atoms. The van der Waals surface area contributed by atoms with Crippen molar-refractivity contribution in [2.24, 2.45) is 0 Å². The first-order chi connectivity index (χ1) is 9.76. The van der Waals surface area contributed by atoms with Crippen LogP contribution in [0.4, 0.5) is 0 Å². The molecule has 2 rings (SSSR count). The lowest BCUT2D eigenvalue weighted by molar-refractivity contribution is -0.124. The zero-order valence-electron chi connectivity index (χ0n) is 11.4. The molecule has 21 heavy (non-hydrogen) atoms. The van der Waals surface area contributed by atoms with Crippen LogP contribution in [0.25, 0.3) is 10.9 Å². The number of carbonyl (C=O) groups is 2. The van der Waals surface area contributed by atoms with Crippen LogP contribution in [0.1, 0.15) is 13.8 Å². The Kier molecular flexibility index (Phi) is 3.78. The number of benzene rings is 1. The van der Waals surface area contributed by atoms with Crippen molar-refractivity contribution in [1.29, 1.82) is 0 Å². The van der Waals surface area contributed by atoms with E-state index in [0.717, 1.165) is 13.8 Å². The lowest BCUT2D eigenvalue weighted by Gasteiger charge is -2.14. The molecule has 0 aliphatic heterocycles. The van der Waals surface area contributed by atoms with Gasteiger partial charge in [-0.05, 0) is 38.1 Å². The van der Waals surface area contributed by atoms with Gasteiger partial charge in [0, 0.05) is 11.6 Å². The van der Waals surface area contributed by atoms with E-state index in [1.54, 1.807) is 0 Å². The van der Waals surface area contributed by atoms with Gasteiger partial charge in [0.15, 0.2) is 26.7 Å². The number of hydrogen-bond acceptors (Lipinski definition) is 6. The number of phenols is 1. The third-order valence-corrected chi connectivity index (χ3v) is 5.32. The van der Waals surface area contributed by atoms with E-state index in [9.17, 15) is 23.1 Å². The number of fused-ring (bicyclic) bond motifs is 1. The van der Waals surface area contributed by atoms with Crippen molar-refractivity contribution in [3.63, 3.8) is 0 Å². The van der Waals surface area contributed by atoms with E-state index < -0.39 is 26.7 Å². The average molecular weight is 307 g/mol. The smallest absolute Gasteiger partial charge is 0.196 e. The van der Waals surface area contributed by atoms with Gasteiger partial charge in [-0.2, -0.15) is 0 Å². The summed E-state index contributed by atoms with van der Waals surface area (Å²) in [6.45, 7) is 2.12. The second-order valence-electron chi connectivity index (χ2n) is 4.63. The summed E-state index contributed by atoms with van der Waals surface area (Å²) in [6.07, 6.45) is 1.41. The fraction of sp³-hybridized carbons (Fsp3) is 0.214. The van der Waals surface area contributed by atoms with Crippen LogP contribution in [0, 0.1) is 0 Å². The molecule has 1 N–H and O–H groups in total. The monoisotopic (exact) mass is 307 g/mol. The molecule has 0 saturated carbocycles. The quantitative estimate of drug-likeness (QED) is 0.853. The molecule has 1 aromatic carbocycles. The number of sulfone groups is 1. The Bertz CT molecular complexity index is 828. The van der Waals surface area contributed by atoms with E-state index in [-0.39, 0.29) is 21.5 Å². The van der Waals surface area contributed by atoms with Gasteiger partial charge in [0.05, 0.1) is 4.90 Å². The molecule has 0 fully saturated rings. The molecular formula is C14H13NO5S. The summed E-state index contributed by atoms with van der Waals surface area (Å²) in [5.41, 5.74) is 0.101. The zero-order chi connectivity index (χ0) is 15.8. The zero-order valence-corrected chi connectivity index (χ0v) is 12.2. The fourth-order valence-corrected chi connectivity index (χ4v) is 4.09. The molecule has 0 amide bonds. The summed E-state index contributed by atoms with van der Waals surface area (Å²) >= 11 is 0. The molecule has 0 spiro atoms. The van der Waals surface area contributed by atoms with E-state index in [4.69, 9.17) is 0 Å². The molecule has 0 unspecified atom stereocenters. The Morgan fingerprint density at radius 2 is 1.76 bits per heavy atom. The summed E-state index contributed by atoms with van der Waals surface area (Å²) in [4.78, 5) is 26.8. The van der Waals surface area contributed by atoms with Gasteiger partial charge >= 0.3 is 0 Å². The minimum atomic E-state index is -4.19. The summed E-state index contributed by atoms with van der Waals surface area (Å²) in [5, 5.41) is 8.15. The largest absolute Gasteiger partial charge is 0.506 e. The lowest BCUT2D eigenvalue weighted by Crippen LogP contribution is -2.35. The van der Waals surface area contributed by atoms with Crippen molar-refractivity contribution in [3.8, 4) is 5.75 Å². The number of aromatic nitrogens is 1. The second-order valence-corrected chi connectivity index (χ2v) is 6.63. The number of pyridine rings is 1. The number of aromatic hydroxyl groups is 1. The van der Waals surface area contributed by atoms with Gasteiger partial charge in [0.2, 0.25) is 0 Å². The number of ketones is 2. The van der Waals surface area contributed by atoms with E-state index in [2.05, 4.69) is 4.98 Å².